The lowest BCUT2D eigenvalue weighted by molar-refractivity contribution is -0.253. The van der Waals surface area contributed by atoms with Crippen LogP contribution in [0, 0.1) is 5.92 Å². The highest BCUT2D eigenvalue weighted by Crippen LogP contribution is 2.37. The fraction of sp³-hybridized carbons (Fsp3) is 0.667. The first kappa shape index (κ1) is 20.0. The second-order valence-electron chi connectivity index (χ2n) is 6.78. The first-order valence-corrected chi connectivity index (χ1v) is 8.70. The van der Waals surface area contributed by atoms with Gasteiger partial charge >= 0.3 is 12.5 Å². The van der Waals surface area contributed by atoms with E-state index in [0.717, 1.165) is 39.0 Å². The van der Waals surface area contributed by atoms with E-state index >= 15 is 0 Å². The van der Waals surface area contributed by atoms with Gasteiger partial charge in [0.1, 0.15) is 5.75 Å². The number of halogens is 4. The van der Waals surface area contributed by atoms with Crippen molar-refractivity contribution in [3.63, 3.8) is 0 Å². The van der Waals surface area contributed by atoms with Crippen LogP contribution in [0.3, 0.4) is 0 Å². The predicted molar refractivity (Wildman–Crippen MR) is 89.3 cm³/mol. The zero-order valence-electron chi connectivity index (χ0n) is 14.7. The van der Waals surface area contributed by atoms with Crippen LogP contribution in [0.2, 0.25) is 0 Å². The van der Waals surface area contributed by atoms with Crippen LogP contribution in [0.4, 0.5) is 17.6 Å². The molecule has 25 heavy (non-hydrogen) atoms. The number of nitrogens with one attached hydrogen (secondary N) is 1. The second kappa shape index (κ2) is 8.85. The molecule has 1 atom stereocenters. The van der Waals surface area contributed by atoms with Crippen LogP contribution in [0.15, 0.2) is 24.3 Å². The SMILES string of the molecule is CC(C)CC[C@@H](c1ccccc1OC(F)(F)C(F)F)N1CCNCC1. The zero-order valence-corrected chi connectivity index (χ0v) is 14.7. The molecule has 0 aliphatic carbocycles. The highest BCUT2D eigenvalue weighted by atomic mass is 19.3. The number of nitrogens with zero attached hydrogens (tertiary/aromatic N) is 1. The number of para-hydroxylation sites is 1. The summed E-state index contributed by atoms with van der Waals surface area (Å²) in [4.78, 5) is 2.21. The normalized spacial score (nSPS) is 17.9. The van der Waals surface area contributed by atoms with Crippen LogP contribution in [0.25, 0.3) is 0 Å². The zero-order chi connectivity index (χ0) is 18.4. The summed E-state index contributed by atoms with van der Waals surface area (Å²) in [5, 5.41) is 3.26. The highest BCUT2D eigenvalue weighted by molar-refractivity contribution is 5.36. The Kier molecular flexibility index (Phi) is 7.07. The van der Waals surface area contributed by atoms with Gasteiger partial charge < -0.3 is 10.1 Å². The van der Waals surface area contributed by atoms with Crippen LogP contribution < -0.4 is 10.1 Å². The third-order valence-electron chi connectivity index (χ3n) is 4.39. The first-order chi connectivity index (χ1) is 11.8. The Morgan fingerprint density at radius 3 is 2.36 bits per heavy atom. The molecular formula is C18H26F4N2O. The molecule has 0 aromatic heterocycles. The van der Waals surface area contributed by atoms with Gasteiger partial charge in [0.05, 0.1) is 0 Å². The van der Waals surface area contributed by atoms with Gasteiger partial charge in [-0.25, -0.2) is 0 Å². The topological polar surface area (TPSA) is 24.5 Å². The van der Waals surface area contributed by atoms with Crippen molar-refractivity contribution < 1.29 is 22.3 Å². The van der Waals surface area contributed by atoms with Crippen molar-refractivity contribution in [2.75, 3.05) is 26.2 Å². The Morgan fingerprint density at radius 2 is 1.76 bits per heavy atom. The Balaban J connectivity index is 2.29. The molecule has 1 aromatic rings. The first-order valence-electron chi connectivity index (χ1n) is 8.70. The van der Waals surface area contributed by atoms with Gasteiger partial charge in [0, 0.05) is 37.8 Å². The van der Waals surface area contributed by atoms with Crippen molar-refractivity contribution in [2.24, 2.45) is 5.92 Å². The van der Waals surface area contributed by atoms with Crippen molar-refractivity contribution in [1.29, 1.82) is 0 Å². The molecule has 0 radical (unpaired) electrons. The Labute approximate surface area is 146 Å². The molecule has 142 valence electrons. The van der Waals surface area contributed by atoms with E-state index in [4.69, 9.17) is 0 Å². The minimum atomic E-state index is -4.50. The van der Waals surface area contributed by atoms with Crippen LogP contribution in [0.5, 0.6) is 5.75 Å². The lowest BCUT2D eigenvalue weighted by Crippen LogP contribution is -2.45. The summed E-state index contributed by atoms with van der Waals surface area (Å²) in [6.07, 6.45) is -6.69. The summed E-state index contributed by atoms with van der Waals surface area (Å²) in [5.41, 5.74) is 0.547. The van der Waals surface area contributed by atoms with E-state index in [9.17, 15) is 17.6 Å². The summed E-state index contributed by atoms with van der Waals surface area (Å²) >= 11 is 0. The third kappa shape index (κ3) is 5.57. The molecule has 1 saturated heterocycles. The summed E-state index contributed by atoms with van der Waals surface area (Å²) in [5.74, 6) is 0.293. The van der Waals surface area contributed by atoms with Crippen LogP contribution in [0.1, 0.15) is 38.3 Å². The van der Waals surface area contributed by atoms with Crippen molar-refractivity contribution in [2.45, 2.75) is 45.3 Å². The van der Waals surface area contributed by atoms with Gasteiger partial charge in [0.15, 0.2) is 0 Å². The monoisotopic (exact) mass is 362 g/mol. The molecule has 0 saturated carbocycles. The van der Waals surface area contributed by atoms with E-state index in [1.165, 1.54) is 12.1 Å². The number of rotatable bonds is 8. The number of alkyl halides is 4. The molecule has 1 aliphatic rings. The molecule has 1 fully saturated rings. The Hall–Kier alpha value is -1.34. The maximum absolute atomic E-state index is 13.4. The molecule has 0 amide bonds. The van der Waals surface area contributed by atoms with Crippen molar-refractivity contribution in [3.05, 3.63) is 29.8 Å². The smallest absolute Gasteiger partial charge is 0.428 e. The van der Waals surface area contributed by atoms with Gasteiger partial charge in [0.25, 0.3) is 0 Å². The summed E-state index contributed by atoms with van der Waals surface area (Å²) in [7, 11) is 0. The van der Waals surface area contributed by atoms with Crippen molar-refractivity contribution >= 4 is 0 Å². The summed E-state index contributed by atoms with van der Waals surface area (Å²) in [6.45, 7) is 7.39. The van der Waals surface area contributed by atoms with E-state index in [-0.39, 0.29) is 11.8 Å². The number of hydrogen-bond acceptors (Lipinski definition) is 3. The van der Waals surface area contributed by atoms with E-state index in [1.807, 2.05) is 0 Å². The van der Waals surface area contributed by atoms with Gasteiger partial charge in [-0.1, -0.05) is 32.0 Å². The third-order valence-corrected chi connectivity index (χ3v) is 4.39. The maximum atomic E-state index is 13.4. The number of piperazine rings is 1. The van der Waals surface area contributed by atoms with Gasteiger partial charge in [-0.3, -0.25) is 4.90 Å². The Morgan fingerprint density at radius 1 is 1.12 bits per heavy atom. The van der Waals surface area contributed by atoms with Gasteiger partial charge in [0.2, 0.25) is 0 Å². The number of benzene rings is 1. The molecule has 2 rings (SSSR count). The van der Waals surface area contributed by atoms with Crippen LogP contribution >= 0.6 is 0 Å². The van der Waals surface area contributed by atoms with Crippen molar-refractivity contribution in [1.82, 2.24) is 10.2 Å². The van der Waals surface area contributed by atoms with E-state index in [2.05, 4.69) is 28.8 Å². The number of hydrogen-bond donors (Lipinski definition) is 1. The minimum Gasteiger partial charge on any atom is -0.428 e. The fourth-order valence-corrected chi connectivity index (χ4v) is 3.06. The standard InChI is InChI=1S/C18H26F4N2O/c1-13(2)7-8-15(24-11-9-23-10-12-24)14-5-3-4-6-16(14)25-18(21,22)17(19)20/h3-6,13,15,17,23H,7-12H2,1-2H3/t15-/m0/s1. The molecule has 0 unspecified atom stereocenters. The molecule has 0 spiro atoms. The molecular weight excluding hydrogens is 336 g/mol. The van der Waals surface area contributed by atoms with Gasteiger partial charge in [-0.15, -0.1) is 0 Å². The number of ether oxygens (including phenoxy) is 1. The maximum Gasteiger partial charge on any atom is 0.461 e. The minimum absolute atomic E-state index is 0.130. The van der Waals surface area contributed by atoms with Gasteiger partial charge in [-0.2, -0.15) is 17.6 Å². The molecule has 1 heterocycles. The van der Waals surface area contributed by atoms with Crippen LogP contribution in [-0.4, -0.2) is 43.6 Å². The Bertz CT molecular complexity index is 534. The molecule has 7 heteroatoms. The highest BCUT2D eigenvalue weighted by Gasteiger charge is 2.44. The molecule has 1 aliphatic heterocycles. The predicted octanol–water partition coefficient (Wildman–Crippen LogP) is 4.31. The quantitative estimate of drug-likeness (QED) is 0.698. The van der Waals surface area contributed by atoms with Gasteiger partial charge in [-0.05, 0) is 24.8 Å². The summed E-state index contributed by atoms with van der Waals surface area (Å²) < 4.78 is 56.4. The largest absolute Gasteiger partial charge is 0.461 e. The second-order valence-corrected chi connectivity index (χ2v) is 6.78. The van der Waals surface area contributed by atoms with Crippen LogP contribution in [-0.2, 0) is 0 Å². The average molecular weight is 362 g/mol. The average Bonchev–Trinajstić information content (AvgIpc) is 2.57. The van der Waals surface area contributed by atoms with E-state index in [0.29, 0.717) is 11.5 Å². The lowest BCUT2D eigenvalue weighted by atomic mass is 9.95. The fourth-order valence-electron chi connectivity index (χ4n) is 3.06. The lowest BCUT2D eigenvalue weighted by Gasteiger charge is -2.36. The summed E-state index contributed by atoms with van der Waals surface area (Å²) in [6, 6.07) is 6.17. The van der Waals surface area contributed by atoms with Crippen molar-refractivity contribution in [3.8, 4) is 5.75 Å². The van der Waals surface area contributed by atoms with E-state index in [1.54, 1.807) is 12.1 Å². The molecule has 1 N–H and O–H groups in total. The van der Waals surface area contributed by atoms with E-state index < -0.39 is 12.5 Å². The molecule has 0 bridgehead atoms. The molecule has 1 aromatic carbocycles. The molecule has 3 nitrogen and oxygen atoms in total.